The Balaban J connectivity index is 2.19. The predicted molar refractivity (Wildman–Crippen MR) is 93.4 cm³/mol. The molecular formula is C17H28ClN3O. The minimum absolute atomic E-state index is 0.0376. The smallest absolute Gasteiger partial charge is 0.315 e. The van der Waals surface area contributed by atoms with E-state index in [0.717, 1.165) is 24.9 Å². The van der Waals surface area contributed by atoms with Gasteiger partial charge in [0.05, 0.1) is 6.04 Å². The lowest BCUT2D eigenvalue weighted by atomic mass is 10.1. The van der Waals surface area contributed by atoms with Crippen LogP contribution in [0.25, 0.3) is 0 Å². The summed E-state index contributed by atoms with van der Waals surface area (Å²) in [5, 5.41) is 6.53. The molecule has 1 atom stereocenters. The molecule has 2 amide bonds. The van der Waals surface area contributed by atoms with Gasteiger partial charge in [-0.25, -0.2) is 4.79 Å². The van der Waals surface area contributed by atoms with E-state index in [2.05, 4.69) is 36.4 Å². The quantitative estimate of drug-likeness (QED) is 0.714. The molecule has 0 aliphatic carbocycles. The number of halogens is 1. The lowest BCUT2D eigenvalue weighted by Crippen LogP contribution is -2.37. The topological polar surface area (TPSA) is 44.4 Å². The van der Waals surface area contributed by atoms with Gasteiger partial charge in [0.2, 0.25) is 0 Å². The standard InChI is InChI=1S/C17H28ClN3O/c1-13(2)21(4)12-6-5-11-19-17(22)20-14(3)15-7-9-16(18)10-8-15/h7-10,13-14H,5-6,11-12H2,1-4H3,(H2,19,20,22). The van der Waals surface area contributed by atoms with Crippen molar-refractivity contribution < 1.29 is 4.79 Å². The molecule has 22 heavy (non-hydrogen) atoms. The molecule has 0 bridgehead atoms. The van der Waals surface area contributed by atoms with Crippen LogP contribution in [-0.2, 0) is 0 Å². The maximum atomic E-state index is 11.8. The fourth-order valence-corrected chi connectivity index (χ4v) is 2.15. The summed E-state index contributed by atoms with van der Waals surface area (Å²) in [6, 6.07) is 7.92. The average molecular weight is 326 g/mol. The van der Waals surface area contributed by atoms with Crippen molar-refractivity contribution in [3.05, 3.63) is 34.9 Å². The fourth-order valence-electron chi connectivity index (χ4n) is 2.03. The van der Waals surface area contributed by atoms with E-state index in [-0.39, 0.29) is 12.1 Å². The van der Waals surface area contributed by atoms with E-state index in [1.165, 1.54) is 0 Å². The van der Waals surface area contributed by atoms with Gasteiger partial charge in [-0.3, -0.25) is 0 Å². The summed E-state index contributed by atoms with van der Waals surface area (Å²) in [7, 11) is 2.12. The fraction of sp³-hybridized carbons (Fsp3) is 0.588. The zero-order valence-electron chi connectivity index (χ0n) is 14.0. The molecule has 4 nitrogen and oxygen atoms in total. The van der Waals surface area contributed by atoms with Crippen molar-refractivity contribution in [3.63, 3.8) is 0 Å². The minimum Gasteiger partial charge on any atom is -0.338 e. The Kier molecular flexibility index (Phi) is 8.28. The lowest BCUT2D eigenvalue weighted by molar-refractivity contribution is 0.236. The van der Waals surface area contributed by atoms with Crippen molar-refractivity contribution in [2.45, 2.75) is 45.7 Å². The molecule has 1 rings (SSSR count). The van der Waals surface area contributed by atoms with Crippen molar-refractivity contribution in [3.8, 4) is 0 Å². The van der Waals surface area contributed by atoms with Gasteiger partial charge in [0, 0.05) is 17.6 Å². The highest BCUT2D eigenvalue weighted by Gasteiger charge is 2.09. The summed E-state index contributed by atoms with van der Waals surface area (Å²) in [6.45, 7) is 8.08. The molecule has 5 heteroatoms. The number of amides is 2. The summed E-state index contributed by atoms with van der Waals surface area (Å²) in [6.07, 6.45) is 2.07. The summed E-state index contributed by atoms with van der Waals surface area (Å²) < 4.78 is 0. The number of urea groups is 1. The van der Waals surface area contributed by atoms with Gasteiger partial charge in [-0.1, -0.05) is 23.7 Å². The average Bonchev–Trinajstić information content (AvgIpc) is 2.47. The van der Waals surface area contributed by atoms with Crippen LogP contribution in [0.3, 0.4) is 0 Å². The van der Waals surface area contributed by atoms with Crippen molar-refractivity contribution >= 4 is 17.6 Å². The molecule has 0 aromatic heterocycles. The van der Waals surface area contributed by atoms with Gasteiger partial charge >= 0.3 is 6.03 Å². The number of benzene rings is 1. The van der Waals surface area contributed by atoms with Crippen LogP contribution in [0.15, 0.2) is 24.3 Å². The van der Waals surface area contributed by atoms with Crippen LogP contribution in [0.5, 0.6) is 0 Å². The van der Waals surface area contributed by atoms with E-state index in [9.17, 15) is 4.79 Å². The number of carbonyl (C=O) groups is 1. The Morgan fingerprint density at radius 3 is 2.41 bits per heavy atom. The number of unbranched alkanes of at least 4 members (excludes halogenated alkanes) is 1. The number of carbonyl (C=O) groups excluding carboxylic acids is 1. The Bertz CT molecular complexity index is 448. The van der Waals surface area contributed by atoms with Gasteiger partial charge in [-0.05, 0) is 64.9 Å². The minimum atomic E-state index is -0.125. The first-order valence-corrected chi connectivity index (χ1v) is 8.28. The van der Waals surface area contributed by atoms with E-state index in [0.29, 0.717) is 17.6 Å². The van der Waals surface area contributed by atoms with Crippen LogP contribution in [0, 0.1) is 0 Å². The van der Waals surface area contributed by atoms with Crippen LogP contribution in [0.2, 0.25) is 5.02 Å². The highest BCUT2D eigenvalue weighted by atomic mass is 35.5. The van der Waals surface area contributed by atoms with Gasteiger partial charge in [-0.15, -0.1) is 0 Å². The molecule has 0 saturated carbocycles. The molecule has 0 spiro atoms. The van der Waals surface area contributed by atoms with Crippen molar-refractivity contribution in [2.75, 3.05) is 20.1 Å². The lowest BCUT2D eigenvalue weighted by Gasteiger charge is -2.20. The third-order valence-electron chi connectivity index (χ3n) is 3.82. The highest BCUT2D eigenvalue weighted by Crippen LogP contribution is 2.15. The third kappa shape index (κ3) is 7.14. The number of rotatable bonds is 8. The number of nitrogens with one attached hydrogen (secondary N) is 2. The van der Waals surface area contributed by atoms with E-state index in [1.807, 2.05) is 31.2 Å². The molecule has 0 radical (unpaired) electrons. The number of nitrogens with zero attached hydrogens (tertiary/aromatic N) is 1. The second-order valence-electron chi connectivity index (χ2n) is 5.95. The maximum Gasteiger partial charge on any atom is 0.315 e. The Hall–Kier alpha value is -1.26. The third-order valence-corrected chi connectivity index (χ3v) is 4.07. The summed E-state index contributed by atoms with van der Waals surface area (Å²) in [5.74, 6) is 0. The highest BCUT2D eigenvalue weighted by molar-refractivity contribution is 6.30. The van der Waals surface area contributed by atoms with Crippen molar-refractivity contribution in [1.29, 1.82) is 0 Å². The summed E-state index contributed by atoms with van der Waals surface area (Å²) in [5.41, 5.74) is 1.04. The normalized spacial score (nSPS) is 12.5. The zero-order chi connectivity index (χ0) is 16.5. The van der Waals surface area contributed by atoms with Crippen LogP contribution >= 0.6 is 11.6 Å². The van der Waals surface area contributed by atoms with E-state index in [4.69, 9.17) is 11.6 Å². The first-order valence-electron chi connectivity index (χ1n) is 7.90. The van der Waals surface area contributed by atoms with Gasteiger partial charge in [0.15, 0.2) is 0 Å². The van der Waals surface area contributed by atoms with Crippen LogP contribution in [-0.4, -0.2) is 37.1 Å². The zero-order valence-corrected chi connectivity index (χ0v) is 14.8. The van der Waals surface area contributed by atoms with Gasteiger partial charge < -0.3 is 15.5 Å². The molecular weight excluding hydrogens is 298 g/mol. The summed E-state index contributed by atoms with van der Waals surface area (Å²) >= 11 is 5.86. The first kappa shape index (κ1) is 18.8. The predicted octanol–water partition coefficient (Wildman–Crippen LogP) is 3.82. The SMILES string of the molecule is CC(NC(=O)NCCCCN(C)C(C)C)c1ccc(Cl)cc1. The summed E-state index contributed by atoms with van der Waals surface area (Å²) in [4.78, 5) is 14.1. The van der Waals surface area contributed by atoms with Crippen LogP contribution in [0.4, 0.5) is 4.79 Å². The van der Waals surface area contributed by atoms with Crippen LogP contribution in [0.1, 0.15) is 45.2 Å². The van der Waals surface area contributed by atoms with Crippen molar-refractivity contribution in [1.82, 2.24) is 15.5 Å². The van der Waals surface area contributed by atoms with Crippen molar-refractivity contribution in [2.24, 2.45) is 0 Å². The van der Waals surface area contributed by atoms with E-state index >= 15 is 0 Å². The molecule has 124 valence electrons. The molecule has 0 heterocycles. The molecule has 0 saturated heterocycles. The number of hydrogen-bond acceptors (Lipinski definition) is 2. The second kappa shape index (κ2) is 9.70. The Morgan fingerprint density at radius 1 is 1.18 bits per heavy atom. The molecule has 0 fully saturated rings. The molecule has 0 aliphatic rings. The molecule has 1 aromatic rings. The Morgan fingerprint density at radius 2 is 1.82 bits per heavy atom. The first-order chi connectivity index (χ1) is 10.4. The number of hydrogen-bond donors (Lipinski definition) is 2. The van der Waals surface area contributed by atoms with E-state index < -0.39 is 0 Å². The Labute approximate surface area is 139 Å². The van der Waals surface area contributed by atoms with Crippen LogP contribution < -0.4 is 10.6 Å². The molecule has 1 aromatic carbocycles. The second-order valence-corrected chi connectivity index (χ2v) is 6.39. The molecule has 1 unspecified atom stereocenters. The monoisotopic (exact) mass is 325 g/mol. The largest absolute Gasteiger partial charge is 0.338 e. The van der Waals surface area contributed by atoms with Gasteiger partial charge in [0.25, 0.3) is 0 Å². The van der Waals surface area contributed by atoms with Gasteiger partial charge in [-0.2, -0.15) is 0 Å². The molecule has 2 N–H and O–H groups in total. The van der Waals surface area contributed by atoms with Gasteiger partial charge in [0.1, 0.15) is 0 Å². The maximum absolute atomic E-state index is 11.8. The molecule has 0 aliphatic heterocycles. The van der Waals surface area contributed by atoms with E-state index in [1.54, 1.807) is 0 Å².